The first-order valence-electron chi connectivity index (χ1n) is 5.47. The molecule has 0 aromatic heterocycles. The summed E-state index contributed by atoms with van der Waals surface area (Å²) in [5.41, 5.74) is 3.05. The average Bonchev–Trinajstić information content (AvgIpc) is 2.38. The molecule has 0 unspecified atom stereocenters. The first kappa shape index (κ1) is 11.2. The van der Waals surface area contributed by atoms with Gasteiger partial charge in [-0.2, -0.15) is 5.26 Å². The van der Waals surface area contributed by atoms with Gasteiger partial charge in [-0.3, -0.25) is 0 Å². The Morgan fingerprint density at radius 1 is 1.06 bits per heavy atom. The first-order valence-corrected chi connectivity index (χ1v) is 5.47. The van der Waals surface area contributed by atoms with E-state index in [0.717, 1.165) is 5.75 Å². The van der Waals surface area contributed by atoms with Crippen molar-refractivity contribution in [3.63, 3.8) is 0 Å². The quantitative estimate of drug-likeness (QED) is 0.798. The molecule has 2 nitrogen and oxygen atoms in total. The molecule has 2 heteroatoms. The maximum absolute atomic E-state index is 8.68. The zero-order chi connectivity index (χ0) is 12.1. The van der Waals surface area contributed by atoms with Crippen LogP contribution in [-0.2, 0) is 6.61 Å². The summed E-state index contributed by atoms with van der Waals surface area (Å²) in [6.45, 7) is 2.62. The maximum Gasteiger partial charge on any atom is 0.119 e. The van der Waals surface area contributed by atoms with Crippen LogP contribution in [-0.4, -0.2) is 0 Å². The maximum atomic E-state index is 8.68. The number of hydrogen-bond donors (Lipinski definition) is 0. The van der Waals surface area contributed by atoms with Crippen LogP contribution in [0.2, 0.25) is 0 Å². The molecule has 0 aliphatic rings. The van der Waals surface area contributed by atoms with E-state index < -0.39 is 0 Å². The molecule has 0 bridgehead atoms. The molecule has 0 aliphatic heterocycles. The summed E-state index contributed by atoms with van der Waals surface area (Å²) in [7, 11) is 0. The van der Waals surface area contributed by atoms with Crippen LogP contribution in [0.4, 0.5) is 0 Å². The van der Waals surface area contributed by atoms with Gasteiger partial charge in [0.25, 0.3) is 0 Å². The van der Waals surface area contributed by atoms with E-state index in [0.29, 0.717) is 12.2 Å². The summed E-state index contributed by atoms with van der Waals surface area (Å²) >= 11 is 0. The van der Waals surface area contributed by atoms with E-state index in [-0.39, 0.29) is 0 Å². The van der Waals surface area contributed by atoms with Crippen molar-refractivity contribution in [2.45, 2.75) is 13.5 Å². The van der Waals surface area contributed by atoms with Crippen molar-refractivity contribution in [3.05, 3.63) is 65.2 Å². The molecular weight excluding hydrogens is 210 g/mol. The number of hydrogen-bond acceptors (Lipinski definition) is 2. The Kier molecular flexibility index (Phi) is 3.42. The minimum atomic E-state index is 0.554. The highest BCUT2D eigenvalue weighted by molar-refractivity contribution is 5.35. The zero-order valence-electron chi connectivity index (χ0n) is 9.68. The van der Waals surface area contributed by atoms with Crippen LogP contribution < -0.4 is 4.74 Å². The number of aryl methyl sites for hydroxylation is 1. The summed E-state index contributed by atoms with van der Waals surface area (Å²) in [5.74, 6) is 0.784. The Morgan fingerprint density at radius 2 is 1.76 bits per heavy atom. The van der Waals surface area contributed by atoms with Crippen LogP contribution in [0.25, 0.3) is 0 Å². The van der Waals surface area contributed by atoms with Gasteiger partial charge in [-0.05, 0) is 42.3 Å². The van der Waals surface area contributed by atoms with Crippen LogP contribution in [0.15, 0.2) is 48.5 Å². The van der Waals surface area contributed by atoms with Gasteiger partial charge in [-0.15, -0.1) is 0 Å². The molecule has 0 amide bonds. The van der Waals surface area contributed by atoms with E-state index in [9.17, 15) is 0 Å². The largest absolute Gasteiger partial charge is 0.489 e. The summed E-state index contributed by atoms with van der Waals surface area (Å²) in [6, 6.07) is 17.4. The highest BCUT2D eigenvalue weighted by Gasteiger charge is 1.99. The lowest BCUT2D eigenvalue weighted by molar-refractivity contribution is 0.305. The third-order valence-electron chi connectivity index (χ3n) is 2.64. The Bertz CT molecular complexity index is 538. The Labute approximate surface area is 101 Å². The van der Waals surface area contributed by atoms with Gasteiger partial charge < -0.3 is 4.74 Å². The molecule has 0 saturated carbocycles. The van der Waals surface area contributed by atoms with Crippen LogP contribution in [0, 0.1) is 18.3 Å². The van der Waals surface area contributed by atoms with Gasteiger partial charge in [0.05, 0.1) is 11.6 Å². The highest BCUT2D eigenvalue weighted by Crippen LogP contribution is 2.15. The molecule has 0 aliphatic carbocycles. The number of nitriles is 1. The summed E-state index contributed by atoms with van der Waals surface area (Å²) < 4.78 is 5.66. The third kappa shape index (κ3) is 2.85. The predicted octanol–water partition coefficient (Wildman–Crippen LogP) is 3.45. The van der Waals surface area contributed by atoms with Gasteiger partial charge in [0, 0.05) is 0 Å². The van der Waals surface area contributed by atoms with Crippen molar-refractivity contribution < 1.29 is 4.74 Å². The third-order valence-corrected chi connectivity index (χ3v) is 2.64. The SMILES string of the molecule is Cc1ccccc1COc1ccc(C#N)cc1. The van der Waals surface area contributed by atoms with Gasteiger partial charge in [0.15, 0.2) is 0 Å². The Hall–Kier alpha value is -2.27. The van der Waals surface area contributed by atoms with Gasteiger partial charge >= 0.3 is 0 Å². The molecule has 0 atom stereocenters. The lowest BCUT2D eigenvalue weighted by Crippen LogP contribution is -1.97. The van der Waals surface area contributed by atoms with Crippen LogP contribution in [0.5, 0.6) is 5.75 Å². The Balaban J connectivity index is 2.03. The molecule has 0 fully saturated rings. The van der Waals surface area contributed by atoms with E-state index in [4.69, 9.17) is 10.00 Å². The lowest BCUT2D eigenvalue weighted by Gasteiger charge is -2.08. The smallest absolute Gasteiger partial charge is 0.119 e. The van der Waals surface area contributed by atoms with Crippen molar-refractivity contribution in [3.8, 4) is 11.8 Å². The molecule has 0 spiro atoms. The average molecular weight is 223 g/mol. The van der Waals surface area contributed by atoms with E-state index >= 15 is 0 Å². The molecule has 2 aromatic carbocycles. The second kappa shape index (κ2) is 5.18. The van der Waals surface area contributed by atoms with Crippen molar-refractivity contribution in [2.75, 3.05) is 0 Å². The van der Waals surface area contributed by atoms with Gasteiger partial charge in [-0.25, -0.2) is 0 Å². The monoisotopic (exact) mass is 223 g/mol. The van der Waals surface area contributed by atoms with Crippen molar-refractivity contribution in [1.82, 2.24) is 0 Å². The van der Waals surface area contributed by atoms with Crippen LogP contribution in [0.3, 0.4) is 0 Å². The number of rotatable bonds is 3. The molecule has 2 rings (SSSR count). The van der Waals surface area contributed by atoms with E-state index in [1.165, 1.54) is 11.1 Å². The number of nitrogens with zero attached hydrogens (tertiary/aromatic N) is 1. The fourth-order valence-corrected chi connectivity index (χ4v) is 1.56. The fourth-order valence-electron chi connectivity index (χ4n) is 1.56. The van der Waals surface area contributed by atoms with Gasteiger partial charge in [0.1, 0.15) is 12.4 Å². The van der Waals surface area contributed by atoms with Crippen molar-refractivity contribution in [2.24, 2.45) is 0 Å². The molecule has 0 N–H and O–H groups in total. The van der Waals surface area contributed by atoms with Crippen LogP contribution >= 0.6 is 0 Å². The molecule has 84 valence electrons. The van der Waals surface area contributed by atoms with E-state index in [1.54, 1.807) is 12.1 Å². The van der Waals surface area contributed by atoms with Gasteiger partial charge in [0.2, 0.25) is 0 Å². The van der Waals surface area contributed by atoms with E-state index in [1.807, 2.05) is 24.3 Å². The van der Waals surface area contributed by atoms with Gasteiger partial charge in [-0.1, -0.05) is 24.3 Å². The fraction of sp³-hybridized carbons (Fsp3) is 0.133. The molecular formula is C15H13NO. The molecule has 17 heavy (non-hydrogen) atoms. The molecule has 0 heterocycles. The van der Waals surface area contributed by atoms with Crippen LogP contribution in [0.1, 0.15) is 16.7 Å². The molecule has 2 aromatic rings. The van der Waals surface area contributed by atoms with Crippen molar-refractivity contribution >= 4 is 0 Å². The summed E-state index contributed by atoms with van der Waals surface area (Å²) in [6.07, 6.45) is 0. The number of ether oxygens (including phenoxy) is 1. The summed E-state index contributed by atoms with van der Waals surface area (Å²) in [4.78, 5) is 0. The molecule has 0 saturated heterocycles. The minimum Gasteiger partial charge on any atom is -0.489 e. The van der Waals surface area contributed by atoms with Crippen molar-refractivity contribution in [1.29, 1.82) is 5.26 Å². The zero-order valence-corrected chi connectivity index (χ0v) is 9.68. The minimum absolute atomic E-state index is 0.554. The first-order chi connectivity index (χ1) is 8.29. The normalized spacial score (nSPS) is 9.65. The lowest BCUT2D eigenvalue weighted by atomic mass is 10.1. The Morgan fingerprint density at radius 3 is 2.41 bits per heavy atom. The second-order valence-electron chi connectivity index (χ2n) is 3.85. The van der Waals surface area contributed by atoms with E-state index in [2.05, 4.69) is 25.1 Å². The standard InChI is InChI=1S/C15H13NO/c1-12-4-2-3-5-14(12)11-17-15-8-6-13(10-16)7-9-15/h2-9H,11H2,1H3. The number of benzene rings is 2. The molecule has 0 radical (unpaired) electrons. The topological polar surface area (TPSA) is 33.0 Å². The predicted molar refractivity (Wildman–Crippen MR) is 66.7 cm³/mol. The second-order valence-corrected chi connectivity index (χ2v) is 3.85. The highest BCUT2D eigenvalue weighted by atomic mass is 16.5. The summed E-state index contributed by atoms with van der Waals surface area (Å²) in [5, 5.41) is 8.68.